The Morgan fingerprint density at radius 3 is 1.44 bits per heavy atom. The van der Waals surface area contributed by atoms with Gasteiger partial charge in [0.1, 0.15) is 6.10 Å². The molecular formula is C53H89NO5. The highest BCUT2D eigenvalue weighted by molar-refractivity contribution is 5.77. The van der Waals surface area contributed by atoms with E-state index in [-0.39, 0.29) is 24.9 Å². The summed E-state index contributed by atoms with van der Waals surface area (Å²) in [6.45, 7) is 6.26. The van der Waals surface area contributed by atoms with Gasteiger partial charge in [0.15, 0.2) is 0 Å². The highest BCUT2D eigenvalue weighted by Crippen LogP contribution is 2.17. The van der Waals surface area contributed by atoms with Gasteiger partial charge in [0.2, 0.25) is 5.91 Å². The van der Waals surface area contributed by atoms with Crippen LogP contribution in [0.2, 0.25) is 0 Å². The first-order valence-electron chi connectivity index (χ1n) is 24.1. The summed E-state index contributed by atoms with van der Waals surface area (Å²) in [5, 5.41) is 23.6. The lowest BCUT2D eigenvalue weighted by Crippen LogP contribution is -2.46. The largest absolute Gasteiger partial charge is 0.462 e. The van der Waals surface area contributed by atoms with Crippen LogP contribution in [0.25, 0.3) is 0 Å². The third kappa shape index (κ3) is 41.3. The van der Waals surface area contributed by atoms with Crippen molar-refractivity contribution in [3.8, 4) is 0 Å². The summed E-state index contributed by atoms with van der Waals surface area (Å²) in [6, 6.07) is -0.722. The average molecular weight is 820 g/mol. The predicted octanol–water partition coefficient (Wildman–Crippen LogP) is 14.2. The Morgan fingerprint density at radius 1 is 0.508 bits per heavy atom. The van der Waals surface area contributed by atoms with Crippen LogP contribution in [0.1, 0.15) is 201 Å². The fourth-order valence-corrected chi connectivity index (χ4v) is 6.69. The first-order chi connectivity index (χ1) is 29.0. The van der Waals surface area contributed by atoms with Gasteiger partial charge in [-0.1, -0.05) is 214 Å². The molecule has 0 aliphatic carbocycles. The Kier molecular flexibility index (Phi) is 43.4. The lowest BCUT2D eigenvalue weighted by atomic mass is 10.0. The summed E-state index contributed by atoms with van der Waals surface area (Å²) in [6.07, 6.45) is 60.3. The van der Waals surface area contributed by atoms with Gasteiger partial charge in [0.25, 0.3) is 0 Å². The number of aliphatic hydroxyl groups is 2. The number of ether oxygens (including phenoxy) is 1. The minimum Gasteiger partial charge on any atom is -0.462 e. The molecule has 0 aromatic heterocycles. The molecule has 0 spiro atoms. The molecule has 6 heteroatoms. The number of hydrogen-bond acceptors (Lipinski definition) is 5. The number of unbranched alkanes of at least 4 members (excludes halogenated alkanes) is 19. The van der Waals surface area contributed by atoms with Crippen LogP contribution in [0.15, 0.2) is 97.2 Å². The van der Waals surface area contributed by atoms with Gasteiger partial charge in [-0.2, -0.15) is 0 Å². The number of carbonyl (C=O) groups excluding carboxylic acids is 2. The Hall–Kier alpha value is -3.22. The fraction of sp³-hybridized carbons (Fsp3) is 0.660. The summed E-state index contributed by atoms with van der Waals surface area (Å²) in [5.41, 5.74) is 0. The van der Waals surface area contributed by atoms with Crippen molar-refractivity contribution in [1.82, 2.24) is 5.32 Å². The lowest BCUT2D eigenvalue weighted by Gasteiger charge is -2.24. The third-order valence-corrected chi connectivity index (χ3v) is 10.3. The van der Waals surface area contributed by atoms with Gasteiger partial charge in [0, 0.05) is 6.42 Å². The number of nitrogens with one attached hydrogen (secondary N) is 1. The van der Waals surface area contributed by atoms with Gasteiger partial charge in [-0.25, -0.2) is 0 Å². The molecule has 3 unspecified atom stereocenters. The monoisotopic (exact) mass is 820 g/mol. The van der Waals surface area contributed by atoms with Crippen LogP contribution >= 0.6 is 0 Å². The fourth-order valence-electron chi connectivity index (χ4n) is 6.69. The summed E-state index contributed by atoms with van der Waals surface area (Å²) < 4.78 is 5.89. The molecule has 0 rings (SSSR count). The number of aliphatic hydroxyl groups excluding tert-OH is 2. The molecule has 0 heterocycles. The van der Waals surface area contributed by atoms with Gasteiger partial charge in [0.05, 0.1) is 25.2 Å². The van der Waals surface area contributed by atoms with Crippen LogP contribution in [0.4, 0.5) is 0 Å². The first kappa shape index (κ1) is 55.8. The smallest absolute Gasteiger partial charge is 0.306 e. The zero-order valence-electron chi connectivity index (χ0n) is 38.1. The zero-order valence-corrected chi connectivity index (χ0v) is 38.1. The molecule has 3 atom stereocenters. The van der Waals surface area contributed by atoms with Crippen LogP contribution in [-0.4, -0.2) is 46.9 Å². The minimum atomic E-state index is -0.805. The molecule has 0 aromatic rings. The van der Waals surface area contributed by atoms with Crippen molar-refractivity contribution in [2.75, 3.05) is 6.61 Å². The van der Waals surface area contributed by atoms with Crippen molar-refractivity contribution < 1.29 is 24.5 Å². The second-order valence-electron chi connectivity index (χ2n) is 16.0. The minimum absolute atomic E-state index is 0.0397. The van der Waals surface area contributed by atoms with Crippen molar-refractivity contribution in [3.63, 3.8) is 0 Å². The molecule has 0 bridgehead atoms. The maximum Gasteiger partial charge on any atom is 0.306 e. The van der Waals surface area contributed by atoms with Gasteiger partial charge >= 0.3 is 5.97 Å². The summed E-state index contributed by atoms with van der Waals surface area (Å²) in [4.78, 5) is 26.1. The van der Waals surface area contributed by atoms with Crippen LogP contribution in [0, 0.1) is 0 Å². The molecule has 59 heavy (non-hydrogen) atoms. The molecule has 1 amide bonds. The van der Waals surface area contributed by atoms with Crippen LogP contribution in [0.5, 0.6) is 0 Å². The number of hydrogen-bond donors (Lipinski definition) is 3. The summed E-state index contributed by atoms with van der Waals surface area (Å²) in [7, 11) is 0. The van der Waals surface area contributed by atoms with E-state index < -0.39 is 18.2 Å². The average Bonchev–Trinajstić information content (AvgIpc) is 3.23. The van der Waals surface area contributed by atoms with E-state index in [2.05, 4.69) is 68.6 Å². The summed E-state index contributed by atoms with van der Waals surface area (Å²) in [5.74, 6) is -0.556. The molecular weight excluding hydrogens is 731 g/mol. The van der Waals surface area contributed by atoms with Crippen LogP contribution in [-0.2, 0) is 14.3 Å². The predicted molar refractivity (Wildman–Crippen MR) is 254 cm³/mol. The highest BCUT2D eigenvalue weighted by atomic mass is 16.5. The van der Waals surface area contributed by atoms with Gasteiger partial charge in [-0.3, -0.25) is 9.59 Å². The second kappa shape index (κ2) is 45.9. The molecule has 0 fully saturated rings. The van der Waals surface area contributed by atoms with Crippen LogP contribution in [0.3, 0.4) is 0 Å². The van der Waals surface area contributed by atoms with E-state index in [1.807, 2.05) is 54.7 Å². The van der Waals surface area contributed by atoms with Crippen molar-refractivity contribution in [2.24, 2.45) is 0 Å². The Labute approximate surface area is 363 Å². The van der Waals surface area contributed by atoms with Gasteiger partial charge in [-0.05, 0) is 70.6 Å². The Bertz CT molecular complexity index is 1190. The second-order valence-corrected chi connectivity index (χ2v) is 16.0. The maximum atomic E-state index is 13.2. The van der Waals surface area contributed by atoms with Crippen molar-refractivity contribution in [1.29, 1.82) is 0 Å². The SMILES string of the molecule is CC\C=C/C=C/C=C/C=C\C=C\C=C\CCCCCC(=O)OC(CCCCCC/C=C/C=C/CCCCC)CC(=O)NC(CO)C(O)CCCCCCCCCCCC. The number of carbonyl (C=O) groups is 2. The van der Waals surface area contributed by atoms with Crippen molar-refractivity contribution in [2.45, 2.75) is 219 Å². The van der Waals surface area contributed by atoms with E-state index in [1.165, 1.54) is 64.2 Å². The van der Waals surface area contributed by atoms with E-state index in [4.69, 9.17) is 4.74 Å². The van der Waals surface area contributed by atoms with E-state index in [9.17, 15) is 19.8 Å². The highest BCUT2D eigenvalue weighted by Gasteiger charge is 2.24. The summed E-state index contributed by atoms with van der Waals surface area (Å²) >= 11 is 0. The molecule has 0 radical (unpaired) electrons. The topological polar surface area (TPSA) is 95.9 Å². The Balaban J connectivity index is 4.75. The molecule has 336 valence electrons. The molecule has 0 saturated carbocycles. The lowest BCUT2D eigenvalue weighted by molar-refractivity contribution is -0.151. The number of amides is 1. The standard InChI is InChI=1S/C53H89NO5/c1-4-7-10-13-16-19-22-24-25-26-27-29-31-34-37-40-43-46-53(58)59-49(44-41-38-35-32-30-28-23-20-17-14-11-8-5-2)47-52(57)54-50(48-55)51(56)45-42-39-36-33-21-18-15-12-9-6-3/h7,10,13,16-17,19-20,22-29,31,49-51,55-56H,4-6,8-9,11-12,14-15,18,21,30,32-48H2,1-3H3,(H,54,57)/b10-7-,16-13+,20-17+,22-19+,25-24-,27-26+,28-23+,31-29+. The normalized spacial score (nSPS) is 14.2. The number of rotatable bonds is 41. The molecule has 0 aromatic carbocycles. The van der Waals surface area contributed by atoms with E-state index in [0.29, 0.717) is 19.3 Å². The van der Waals surface area contributed by atoms with E-state index in [1.54, 1.807) is 0 Å². The van der Waals surface area contributed by atoms with E-state index in [0.717, 1.165) is 89.9 Å². The first-order valence-corrected chi connectivity index (χ1v) is 24.1. The van der Waals surface area contributed by atoms with Crippen molar-refractivity contribution in [3.05, 3.63) is 97.2 Å². The third-order valence-electron chi connectivity index (χ3n) is 10.3. The molecule has 0 aliphatic heterocycles. The molecule has 3 N–H and O–H groups in total. The van der Waals surface area contributed by atoms with Crippen LogP contribution < -0.4 is 5.32 Å². The van der Waals surface area contributed by atoms with E-state index >= 15 is 0 Å². The molecule has 6 nitrogen and oxygen atoms in total. The number of allylic oxidation sites excluding steroid dienone is 16. The molecule has 0 aliphatic rings. The van der Waals surface area contributed by atoms with Gasteiger partial charge < -0.3 is 20.3 Å². The quantitative estimate of drug-likeness (QED) is 0.0324. The molecule has 0 saturated heterocycles. The number of esters is 1. The zero-order chi connectivity index (χ0) is 43.1. The van der Waals surface area contributed by atoms with Gasteiger partial charge in [-0.15, -0.1) is 0 Å². The van der Waals surface area contributed by atoms with Crippen molar-refractivity contribution >= 4 is 11.9 Å². The Morgan fingerprint density at radius 2 is 0.915 bits per heavy atom. The maximum absolute atomic E-state index is 13.2.